The van der Waals surface area contributed by atoms with Crippen molar-refractivity contribution in [2.75, 3.05) is 18.8 Å². The highest BCUT2D eigenvalue weighted by Crippen LogP contribution is 2.26. The fourth-order valence-electron chi connectivity index (χ4n) is 3.82. The number of carbonyl (C=O) groups is 2. The topological polar surface area (TPSA) is 103 Å². The van der Waals surface area contributed by atoms with Crippen molar-refractivity contribution in [2.24, 2.45) is 13.0 Å². The number of benzene rings is 1. The van der Waals surface area contributed by atoms with Crippen LogP contribution in [0.25, 0.3) is 5.69 Å². The van der Waals surface area contributed by atoms with Gasteiger partial charge in [-0.3, -0.25) is 14.4 Å². The predicted octanol–water partition coefficient (Wildman–Crippen LogP) is 1.89. The first kappa shape index (κ1) is 19.6. The smallest absolute Gasteiger partial charge is 0.255 e. The first-order chi connectivity index (χ1) is 14.5. The lowest BCUT2D eigenvalue weighted by Gasteiger charge is -2.32. The molecule has 0 saturated carbocycles. The summed E-state index contributed by atoms with van der Waals surface area (Å²) in [5.74, 6) is -0.331. The molecule has 0 spiro atoms. The van der Waals surface area contributed by atoms with E-state index in [-0.39, 0.29) is 23.2 Å². The molecule has 1 aromatic carbocycles. The molecule has 8 nitrogen and oxygen atoms in total. The molecule has 0 aliphatic carbocycles. The van der Waals surface area contributed by atoms with Gasteiger partial charge in [0.25, 0.3) is 5.91 Å². The van der Waals surface area contributed by atoms with Gasteiger partial charge < -0.3 is 15.2 Å². The average Bonchev–Trinajstić information content (AvgIpc) is 3.16. The molecule has 8 heteroatoms. The number of para-hydroxylation sites is 1. The number of pyridine rings is 1. The molecule has 0 bridgehead atoms. The molecular weight excluding hydrogens is 382 g/mol. The summed E-state index contributed by atoms with van der Waals surface area (Å²) in [6.07, 6.45) is 4.43. The molecule has 1 aliphatic heterocycles. The average molecular weight is 405 g/mol. The maximum absolute atomic E-state index is 13.2. The molecule has 4 rings (SSSR count). The number of hydrogen-bond donors (Lipinski definition) is 1. The molecule has 2 N–H and O–H groups in total. The summed E-state index contributed by atoms with van der Waals surface area (Å²) in [5, 5.41) is 4.28. The number of nitrogen functional groups attached to an aromatic ring is 1. The van der Waals surface area contributed by atoms with E-state index in [0.29, 0.717) is 36.5 Å². The monoisotopic (exact) mass is 405 g/mol. The molecule has 0 unspecified atom stereocenters. The van der Waals surface area contributed by atoms with E-state index in [4.69, 9.17) is 5.73 Å². The Kier molecular flexibility index (Phi) is 5.22. The largest absolute Gasteiger partial charge is 0.383 e. The van der Waals surface area contributed by atoms with Crippen molar-refractivity contribution in [3.63, 3.8) is 0 Å². The Morgan fingerprint density at radius 3 is 2.63 bits per heavy atom. The number of rotatable bonds is 4. The van der Waals surface area contributed by atoms with Crippen LogP contribution in [0.4, 0.5) is 5.82 Å². The zero-order valence-corrected chi connectivity index (χ0v) is 16.7. The summed E-state index contributed by atoms with van der Waals surface area (Å²) in [6, 6.07) is 12.3. The molecule has 1 aliphatic rings. The minimum Gasteiger partial charge on any atom is -0.383 e. The van der Waals surface area contributed by atoms with Crippen LogP contribution in [0.1, 0.15) is 33.6 Å². The van der Waals surface area contributed by atoms with Crippen molar-refractivity contribution in [3.8, 4) is 5.69 Å². The summed E-state index contributed by atoms with van der Waals surface area (Å²) < 4.78 is 2.92. The lowest BCUT2D eigenvalue weighted by Crippen LogP contribution is -2.42. The van der Waals surface area contributed by atoms with Crippen LogP contribution in [0.2, 0.25) is 0 Å². The number of carbonyl (C=O) groups excluding carboxylic acids is 2. The summed E-state index contributed by atoms with van der Waals surface area (Å²) in [6.45, 7) is 0.890. The summed E-state index contributed by atoms with van der Waals surface area (Å²) in [7, 11) is 1.61. The number of hydrogen-bond acceptors (Lipinski definition) is 5. The number of Topliss-reactive ketones (excluding diaryl/α,β-unsaturated/α-hetero) is 1. The van der Waals surface area contributed by atoms with Crippen LogP contribution >= 0.6 is 0 Å². The van der Waals surface area contributed by atoms with Gasteiger partial charge >= 0.3 is 0 Å². The molecule has 0 radical (unpaired) electrons. The molecule has 1 atom stereocenters. The van der Waals surface area contributed by atoms with Gasteiger partial charge in [-0.2, -0.15) is 5.10 Å². The maximum atomic E-state index is 13.2. The highest BCUT2D eigenvalue weighted by Gasteiger charge is 2.31. The normalized spacial score (nSPS) is 16.4. The van der Waals surface area contributed by atoms with E-state index in [9.17, 15) is 14.4 Å². The molecule has 30 heavy (non-hydrogen) atoms. The van der Waals surface area contributed by atoms with Crippen LogP contribution in [0.15, 0.2) is 59.7 Å². The van der Waals surface area contributed by atoms with Gasteiger partial charge in [0.15, 0.2) is 5.78 Å². The second-order valence-electron chi connectivity index (χ2n) is 7.51. The molecule has 1 fully saturated rings. The number of ketones is 1. The van der Waals surface area contributed by atoms with E-state index in [1.54, 1.807) is 16.6 Å². The van der Waals surface area contributed by atoms with Gasteiger partial charge in [-0.15, -0.1) is 0 Å². The number of amides is 1. The van der Waals surface area contributed by atoms with Gasteiger partial charge in [-0.25, -0.2) is 4.68 Å². The second-order valence-corrected chi connectivity index (χ2v) is 7.51. The molecule has 3 aromatic rings. The number of piperidine rings is 1. The van der Waals surface area contributed by atoms with E-state index in [0.717, 1.165) is 12.1 Å². The molecule has 1 saturated heterocycles. The molecule has 3 heterocycles. The third kappa shape index (κ3) is 3.63. The molecule has 1 amide bonds. The molecule has 2 aromatic heterocycles. The van der Waals surface area contributed by atoms with Crippen molar-refractivity contribution < 1.29 is 9.59 Å². The van der Waals surface area contributed by atoms with Gasteiger partial charge in [0.2, 0.25) is 5.56 Å². The Morgan fingerprint density at radius 1 is 1.13 bits per heavy atom. The lowest BCUT2D eigenvalue weighted by molar-refractivity contribution is 0.0636. The van der Waals surface area contributed by atoms with Gasteiger partial charge in [-0.05, 0) is 31.0 Å². The Bertz CT molecular complexity index is 1150. The molecular formula is C22H23N5O3. The predicted molar refractivity (Wildman–Crippen MR) is 113 cm³/mol. The van der Waals surface area contributed by atoms with Crippen LogP contribution < -0.4 is 11.3 Å². The van der Waals surface area contributed by atoms with Crippen molar-refractivity contribution in [2.45, 2.75) is 12.8 Å². The highest BCUT2D eigenvalue weighted by molar-refractivity contribution is 6.02. The van der Waals surface area contributed by atoms with Gasteiger partial charge in [0.05, 0.1) is 23.0 Å². The van der Waals surface area contributed by atoms with E-state index < -0.39 is 0 Å². The van der Waals surface area contributed by atoms with E-state index in [1.807, 2.05) is 30.3 Å². The number of likely N-dealkylation sites (tertiary alicyclic amines) is 1. The van der Waals surface area contributed by atoms with Gasteiger partial charge in [-0.1, -0.05) is 18.2 Å². The van der Waals surface area contributed by atoms with Crippen LogP contribution in [0.3, 0.4) is 0 Å². The van der Waals surface area contributed by atoms with Crippen molar-refractivity contribution >= 4 is 17.5 Å². The Balaban J connectivity index is 1.53. The fourth-order valence-corrected chi connectivity index (χ4v) is 3.82. The van der Waals surface area contributed by atoms with Crippen molar-refractivity contribution in [3.05, 3.63) is 76.3 Å². The second kappa shape index (κ2) is 7.98. The minimum atomic E-state index is -0.342. The third-order valence-corrected chi connectivity index (χ3v) is 5.48. The lowest BCUT2D eigenvalue weighted by atomic mass is 9.90. The Labute approximate surface area is 173 Å². The minimum absolute atomic E-state index is 0.104. The zero-order valence-electron chi connectivity index (χ0n) is 16.7. The van der Waals surface area contributed by atoms with E-state index >= 15 is 0 Å². The number of anilines is 1. The van der Waals surface area contributed by atoms with E-state index in [2.05, 4.69) is 5.10 Å². The number of aryl methyl sites for hydroxylation is 1. The zero-order chi connectivity index (χ0) is 21.3. The Morgan fingerprint density at radius 2 is 1.90 bits per heavy atom. The van der Waals surface area contributed by atoms with Crippen molar-refractivity contribution in [1.29, 1.82) is 0 Å². The summed E-state index contributed by atoms with van der Waals surface area (Å²) in [4.78, 5) is 39.3. The first-order valence-corrected chi connectivity index (χ1v) is 9.85. The number of nitrogens with zero attached hydrogens (tertiary/aromatic N) is 4. The van der Waals surface area contributed by atoms with Gasteiger partial charge in [0.1, 0.15) is 5.82 Å². The summed E-state index contributed by atoms with van der Waals surface area (Å²) in [5.41, 5.74) is 7.64. The number of nitrogens with two attached hydrogens (primary N) is 1. The van der Waals surface area contributed by atoms with Crippen LogP contribution in [0, 0.1) is 5.92 Å². The van der Waals surface area contributed by atoms with E-state index in [1.165, 1.54) is 29.1 Å². The quantitative estimate of drug-likeness (QED) is 0.668. The molecule has 154 valence electrons. The maximum Gasteiger partial charge on any atom is 0.255 e. The van der Waals surface area contributed by atoms with Crippen molar-refractivity contribution in [1.82, 2.24) is 19.2 Å². The van der Waals surface area contributed by atoms with Crippen LogP contribution in [-0.4, -0.2) is 44.0 Å². The Hall–Kier alpha value is -3.68. The third-order valence-electron chi connectivity index (χ3n) is 5.48. The SMILES string of the molecule is Cn1cc(C(=O)N2CCC[C@H](C(=O)c3cnn(-c4ccccc4)c3N)C2)ccc1=O. The number of aromatic nitrogens is 3. The highest BCUT2D eigenvalue weighted by atomic mass is 16.2. The fraction of sp³-hybridized carbons (Fsp3) is 0.273. The van der Waals surface area contributed by atoms with Crippen LogP contribution in [-0.2, 0) is 7.05 Å². The van der Waals surface area contributed by atoms with Gasteiger partial charge in [0, 0.05) is 38.3 Å². The standard InChI is InChI=1S/C22H23N5O3/c1-25-13-16(9-10-19(25)28)22(30)26-11-5-6-15(14-26)20(29)18-12-24-27(21(18)23)17-7-3-2-4-8-17/h2-4,7-10,12-13,15H,5-6,11,14,23H2,1H3/t15-/m0/s1. The summed E-state index contributed by atoms with van der Waals surface area (Å²) >= 11 is 0. The van der Waals surface area contributed by atoms with Crippen LogP contribution in [0.5, 0.6) is 0 Å². The first-order valence-electron chi connectivity index (χ1n) is 9.85.